The molecule has 3 aromatic rings. The van der Waals surface area contributed by atoms with Gasteiger partial charge < -0.3 is 5.32 Å². The summed E-state index contributed by atoms with van der Waals surface area (Å²) < 4.78 is 26.8. The number of piperidine rings is 1. The fourth-order valence-corrected chi connectivity index (χ4v) is 4.50. The SMILES string of the molecule is Cc1cccc([C@@H]2C[C@H](C(=O)NCc3cccc(F)c3)CN(Cc3ccc(F)cc3)C2)c1. The second-order valence-corrected chi connectivity index (χ2v) is 8.71. The maximum Gasteiger partial charge on any atom is 0.224 e. The molecule has 4 rings (SSSR count). The first-order valence-corrected chi connectivity index (χ1v) is 11.0. The Balaban J connectivity index is 1.49. The predicted octanol–water partition coefficient (Wildman–Crippen LogP) is 5.20. The van der Waals surface area contributed by atoms with Gasteiger partial charge in [-0.3, -0.25) is 9.69 Å². The summed E-state index contributed by atoms with van der Waals surface area (Å²) in [6.07, 6.45) is 0.762. The Morgan fingerprint density at radius 3 is 2.47 bits per heavy atom. The molecule has 2 atom stereocenters. The molecule has 3 nitrogen and oxygen atoms in total. The fourth-order valence-electron chi connectivity index (χ4n) is 4.50. The van der Waals surface area contributed by atoms with Crippen LogP contribution in [0.1, 0.15) is 34.6 Å². The third kappa shape index (κ3) is 5.80. The Bertz CT molecular complexity index is 1070. The van der Waals surface area contributed by atoms with Gasteiger partial charge in [0.2, 0.25) is 5.91 Å². The molecule has 0 aliphatic carbocycles. The fraction of sp³-hybridized carbons (Fsp3) is 0.296. The molecule has 0 spiro atoms. The molecule has 1 heterocycles. The van der Waals surface area contributed by atoms with Crippen molar-refractivity contribution in [2.45, 2.75) is 32.4 Å². The molecule has 1 saturated heterocycles. The number of carbonyl (C=O) groups is 1. The molecule has 0 bridgehead atoms. The van der Waals surface area contributed by atoms with Crippen LogP contribution in [0, 0.1) is 24.5 Å². The summed E-state index contributed by atoms with van der Waals surface area (Å²) >= 11 is 0. The minimum atomic E-state index is -0.306. The Kier molecular flexibility index (Phi) is 6.96. The number of hydrogen-bond acceptors (Lipinski definition) is 2. The third-order valence-electron chi connectivity index (χ3n) is 6.09. The topological polar surface area (TPSA) is 32.3 Å². The molecule has 0 saturated carbocycles. The largest absolute Gasteiger partial charge is 0.352 e. The van der Waals surface area contributed by atoms with E-state index >= 15 is 0 Å². The zero-order valence-corrected chi connectivity index (χ0v) is 18.2. The summed E-state index contributed by atoms with van der Waals surface area (Å²) in [5.41, 5.74) is 4.20. The average Bonchev–Trinajstić information content (AvgIpc) is 2.79. The van der Waals surface area contributed by atoms with Gasteiger partial charge in [0.15, 0.2) is 0 Å². The number of hydrogen-bond donors (Lipinski definition) is 1. The number of carbonyl (C=O) groups excluding carboxylic acids is 1. The monoisotopic (exact) mass is 434 g/mol. The maximum absolute atomic E-state index is 13.5. The standard InChI is InChI=1S/C27H28F2N2O/c1-19-4-2-6-22(12-19)23-14-24(27(32)30-15-21-5-3-7-26(29)13-21)18-31(17-23)16-20-8-10-25(28)11-9-20/h2-13,23-24H,14-18H2,1H3,(H,30,32)/t23-,24+/m1/s1. The molecule has 0 aromatic heterocycles. The minimum absolute atomic E-state index is 0.0179. The van der Waals surface area contributed by atoms with Gasteiger partial charge in [-0.25, -0.2) is 8.78 Å². The lowest BCUT2D eigenvalue weighted by molar-refractivity contribution is -0.127. The smallest absolute Gasteiger partial charge is 0.224 e. The van der Waals surface area contributed by atoms with E-state index in [1.54, 1.807) is 24.3 Å². The number of benzene rings is 3. The summed E-state index contributed by atoms with van der Waals surface area (Å²) in [6, 6.07) is 21.3. The first kappa shape index (κ1) is 22.2. The quantitative estimate of drug-likeness (QED) is 0.579. The van der Waals surface area contributed by atoms with Crippen molar-refractivity contribution in [3.05, 3.63) is 107 Å². The maximum atomic E-state index is 13.5. The number of nitrogens with zero attached hydrogens (tertiary/aromatic N) is 1. The molecular formula is C27H28F2N2O. The molecule has 5 heteroatoms. The van der Waals surface area contributed by atoms with Gasteiger partial charge in [0, 0.05) is 26.2 Å². The van der Waals surface area contributed by atoms with Gasteiger partial charge in [0.05, 0.1) is 5.92 Å². The van der Waals surface area contributed by atoms with Crippen molar-refractivity contribution in [1.29, 1.82) is 0 Å². The molecule has 32 heavy (non-hydrogen) atoms. The summed E-state index contributed by atoms with van der Waals surface area (Å²) in [7, 11) is 0. The van der Waals surface area contributed by atoms with E-state index in [0.717, 1.165) is 24.1 Å². The lowest BCUT2D eigenvalue weighted by Crippen LogP contribution is -2.45. The molecule has 0 radical (unpaired) electrons. The summed E-state index contributed by atoms with van der Waals surface area (Å²) in [5.74, 6) is -0.521. The van der Waals surface area contributed by atoms with E-state index in [-0.39, 0.29) is 29.4 Å². The molecule has 1 N–H and O–H groups in total. The van der Waals surface area contributed by atoms with Gasteiger partial charge in [-0.1, -0.05) is 54.1 Å². The van der Waals surface area contributed by atoms with Crippen LogP contribution in [-0.2, 0) is 17.9 Å². The number of nitrogens with one attached hydrogen (secondary N) is 1. The van der Waals surface area contributed by atoms with E-state index in [1.165, 1.54) is 35.4 Å². The summed E-state index contributed by atoms with van der Waals surface area (Å²) in [6.45, 7) is 4.52. The van der Waals surface area contributed by atoms with Crippen molar-refractivity contribution >= 4 is 5.91 Å². The van der Waals surface area contributed by atoms with Gasteiger partial charge in [0.1, 0.15) is 11.6 Å². The van der Waals surface area contributed by atoms with Crippen molar-refractivity contribution in [2.75, 3.05) is 13.1 Å². The highest BCUT2D eigenvalue weighted by molar-refractivity contribution is 5.79. The Morgan fingerprint density at radius 1 is 0.938 bits per heavy atom. The number of likely N-dealkylation sites (tertiary alicyclic amines) is 1. The Labute approximate surface area is 188 Å². The average molecular weight is 435 g/mol. The van der Waals surface area contributed by atoms with E-state index in [4.69, 9.17) is 0 Å². The molecule has 3 aromatic carbocycles. The lowest BCUT2D eigenvalue weighted by atomic mass is 9.83. The highest BCUT2D eigenvalue weighted by atomic mass is 19.1. The first-order valence-electron chi connectivity index (χ1n) is 11.0. The molecule has 0 unspecified atom stereocenters. The first-order chi connectivity index (χ1) is 15.5. The van der Waals surface area contributed by atoms with Crippen molar-refractivity contribution in [3.63, 3.8) is 0 Å². The van der Waals surface area contributed by atoms with Gasteiger partial charge in [-0.2, -0.15) is 0 Å². The number of halogens is 2. The van der Waals surface area contributed by atoms with E-state index in [9.17, 15) is 13.6 Å². The minimum Gasteiger partial charge on any atom is -0.352 e. The van der Waals surface area contributed by atoms with Crippen LogP contribution < -0.4 is 5.32 Å². The van der Waals surface area contributed by atoms with Gasteiger partial charge >= 0.3 is 0 Å². The van der Waals surface area contributed by atoms with Crippen LogP contribution in [0.4, 0.5) is 8.78 Å². The number of rotatable bonds is 6. The molecule has 1 aliphatic heterocycles. The van der Waals surface area contributed by atoms with Crippen LogP contribution in [0.25, 0.3) is 0 Å². The number of aryl methyl sites for hydroxylation is 1. The normalized spacial score (nSPS) is 19.0. The van der Waals surface area contributed by atoms with E-state index in [0.29, 0.717) is 19.6 Å². The molecule has 166 valence electrons. The Hall–Kier alpha value is -3.05. The highest BCUT2D eigenvalue weighted by Gasteiger charge is 2.32. The van der Waals surface area contributed by atoms with Crippen molar-refractivity contribution in [1.82, 2.24) is 10.2 Å². The van der Waals surface area contributed by atoms with Crippen molar-refractivity contribution in [2.24, 2.45) is 5.92 Å². The molecule has 1 fully saturated rings. The van der Waals surface area contributed by atoms with Gasteiger partial charge in [0.25, 0.3) is 0 Å². The second kappa shape index (κ2) is 10.0. The van der Waals surface area contributed by atoms with Crippen molar-refractivity contribution < 1.29 is 13.6 Å². The van der Waals surface area contributed by atoms with Gasteiger partial charge in [-0.15, -0.1) is 0 Å². The summed E-state index contributed by atoms with van der Waals surface area (Å²) in [5, 5.41) is 2.99. The molecule has 1 amide bonds. The van der Waals surface area contributed by atoms with Crippen LogP contribution in [0.15, 0.2) is 72.8 Å². The Morgan fingerprint density at radius 2 is 1.72 bits per heavy atom. The lowest BCUT2D eigenvalue weighted by Gasteiger charge is -2.37. The highest BCUT2D eigenvalue weighted by Crippen LogP contribution is 2.32. The van der Waals surface area contributed by atoms with E-state index in [2.05, 4.69) is 41.4 Å². The summed E-state index contributed by atoms with van der Waals surface area (Å²) in [4.78, 5) is 15.3. The van der Waals surface area contributed by atoms with Crippen LogP contribution in [-0.4, -0.2) is 23.9 Å². The second-order valence-electron chi connectivity index (χ2n) is 8.71. The van der Waals surface area contributed by atoms with Crippen LogP contribution in [0.5, 0.6) is 0 Å². The van der Waals surface area contributed by atoms with Crippen LogP contribution in [0.2, 0.25) is 0 Å². The van der Waals surface area contributed by atoms with Crippen molar-refractivity contribution in [3.8, 4) is 0 Å². The van der Waals surface area contributed by atoms with Gasteiger partial charge in [-0.05, 0) is 60.2 Å². The zero-order chi connectivity index (χ0) is 22.5. The van der Waals surface area contributed by atoms with E-state index in [1.807, 2.05) is 0 Å². The van der Waals surface area contributed by atoms with Crippen LogP contribution in [0.3, 0.4) is 0 Å². The van der Waals surface area contributed by atoms with E-state index < -0.39 is 0 Å². The molecular weight excluding hydrogens is 406 g/mol. The molecule has 1 aliphatic rings. The zero-order valence-electron chi connectivity index (χ0n) is 18.2. The van der Waals surface area contributed by atoms with Crippen LogP contribution >= 0.6 is 0 Å². The third-order valence-corrected chi connectivity index (χ3v) is 6.09. The predicted molar refractivity (Wildman–Crippen MR) is 122 cm³/mol. The number of amides is 1.